The summed E-state index contributed by atoms with van der Waals surface area (Å²) in [5.41, 5.74) is 4.53. The van der Waals surface area contributed by atoms with E-state index in [1.54, 1.807) is 41.4 Å². The summed E-state index contributed by atoms with van der Waals surface area (Å²) in [4.78, 5) is 11.8. The molecule has 4 aromatic rings. The summed E-state index contributed by atoms with van der Waals surface area (Å²) >= 11 is 0. The molecule has 1 fully saturated rings. The Morgan fingerprint density at radius 1 is 1.06 bits per heavy atom. The quantitative estimate of drug-likeness (QED) is 0.504. The number of aromatic carboxylic acids is 1. The van der Waals surface area contributed by atoms with Crippen LogP contribution in [0.4, 0.5) is 0 Å². The van der Waals surface area contributed by atoms with Crippen LogP contribution in [0.5, 0.6) is 0 Å². The van der Waals surface area contributed by atoms with E-state index in [2.05, 4.69) is 39.9 Å². The molecule has 0 bridgehead atoms. The van der Waals surface area contributed by atoms with Gasteiger partial charge in [-0.2, -0.15) is 0 Å². The Balaban J connectivity index is 1.49. The first-order valence-corrected chi connectivity index (χ1v) is 10.3. The topological polar surface area (TPSA) is 93.2 Å². The van der Waals surface area contributed by atoms with Crippen molar-refractivity contribution in [2.24, 2.45) is 0 Å². The molecule has 2 N–H and O–H groups in total. The van der Waals surface area contributed by atoms with Crippen LogP contribution < -0.4 is 5.32 Å². The number of rotatable bonds is 5. The molecular weight excluding hydrogens is 392 g/mol. The fraction of sp³-hybridized carbons (Fsp3) is 0.208. The first kappa shape index (κ1) is 19.3. The van der Waals surface area contributed by atoms with Crippen molar-refractivity contribution in [3.05, 3.63) is 78.2 Å². The molecule has 1 aliphatic heterocycles. The number of carboxylic acid groups (broad SMARTS) is 1. The van der Waals surface area contributed by atoms with Crippen LogP contribution >= 0.6 is 0 Å². The summed E-state index contributed by atoms with van der Waals surface area (Å²) in [5, 5.41) is 21.3. The molecule has 7 heteroatoms. The van der Waals surface area contributed by atoms with Gasteiger partial charge in [-0.15, -0.1) is 5.10 Å². The second kappa shape index (κ2) is 8.20. The Labute approximate surface area is 179 Å². The third-order valence-electron chi connectivity index (χ3n) is 5.75. The van der Waals surface area contributed by atoms with Crippen molar-refractivity contribution in [3.63, 3.8) is 0 Å². The molecule has 0 amide bonds. The van der Waals surface area contributed by atoms with Gasteiger partial charge in [0.05, 0.1) is 23.7 Å². The molecule has 1 saturated heterocycles. The van der Waals surface area contributed by atoms with E-state index in [1.807, 2.05) is 6.07 Å². The molecule has 31 heavy (non-hydrogen) atoms. The van der Waals surface area contributed by atoms with Crippen LogP contribution in [0.2, 0.25) is 0 Å². The maximum absolute atomic E-state index is 11.8. The standard InChI is InChI=1S/C24H22N4O3/c29-24(30)20-12-19(17-5-3-16(4-6-17)18-7-9-25-10-8-18)13-21(14-20)28-15-22(26-27-28)23-2-1-11-31-23/h1-6,11-15,18,25H,7-10H2,(H,29,30). The molecular formula is C24H22N4O3. The number of nitrogens with one attached hydrogen (secondary N) is 1. The number of piperidine rings is 1. The predicted octanol–water partition coefficient (Wildman–Crippen LogP) is 4.36. The van der Waals surface area contributed by atoms with Crippen LogP contribution in [-0.4, -0.2) is 39.2 Å². The number of benzene rings is 2. The van der Waals surface area contributed by atoms with Crippen LogP contribution in [-0.2, 0) is 0 Å². The minimum absolute atomic E-state index is 0.199. The van der Waals surface area contributed by atoms with E-state index in [9.17, 15) is 9.90 Å². The van der Waals surface area contributed by atoms with Crippen LogP contribution in [0, 0.1) is 0 Å². The molecule has 2 aromatic carbocycles. The molecule has 0 spiro atoms. The zero-order chi connectivity index (χ0) is 21.2. The molecule has 0 saturated carbocycles. The average molecular weight is 414 g/mol. The first-order valence-electron chi connectivity index (χ1n) is 10.3. The summed E-state index contributed by atoms with van der Waals surface area (Å²) in [6, 6.07) is 17.2. The SMILES string of the molecule is O=C(O)c1cc(-c2ccc(C3CCNCC3)cc2)cc(-n2cc(-c3ccco3)nn2)c1. The van der Waals surface area contributed by atoms with E-state index in [4.69, 9.17) is 4.42 Å². The summed E-state index contributed by atoms with van der Waals surface area (Å²) in [6.45, 7) is 2.10. The molecule has 3 heterocycles. The van der Waals surface area contributed by atoms with Gasteiger partial charge < -0.3 is 14.8 Å². The smallest absolute Gasteiger partial charge is 0.335 e. The lowest BCUT2D eigenvalue weighted by molar-refractivity contribution is 0.0697. The molecule has 0 atom stereocenters. The zero-order valence-electron chi connectivity index (χ0n) is 16.9. The third kappa shape index (κ3) is 4.00. The molecule has 0 radical (unpaired) electrons. The highest BCUT2D eigenvalue weighted by Gasteiger charge is 2.16. The van der Waals surface area contributed by atoms with Gasteiger partial charge in [0, 0.05) is 0 Å². The third-order valence-corrected chi connectivity index (χ3v) is 5.75. The maximum Gasteiger partial charge on any atom is 0.335 e. The number of hydrogen-bond acceptors (Lipinski definition) is 5. The average Bonchev–Trinajstić information content (AvgIpc) is 3.52. The van der Waals surface area contributed by atoms with Crippen molar-refractivity contribution in [1.82, 2.24) is 20.3 Å². The molecule has 2 aromatic heterocycles. The largest absolute Gasteiger partial charge is 0.478 e. The fourth-order valence-corrected chi connectivity index (χ4v) is 4.06. The van der Waals surface area contributed by atoms with Crippen molar-refractivity contribution in [3.8, 4) is 28.3 Å². The van der Waals surface area contributed by atoms with Crippen molar-refractivity contribution in [1.29, 1.82) is 0 Å². The van der Waals surface area contributed by atoms with E-state index in [0.29, 0.717) is 23.1 Å². The van der Waals surface area contributed by atoms with Crippen molar-refractivity contribution < 1.29 is 14.3 Å². The van der Waals surface area contributed by atoms with Crippen molar-refractivity contribution in [2.45, 2.75) is 18.8 Å². The van der Waals surface area contributed by atoms with Gasteiger partial charge in [-0.1, -0.05) is 29.5 Å². The van der Waals surface area contributed by atoms with E-state index < -0.39 is 5.97 Å². The predicted molar refractivity (Wildman–Crippen MR) is 116 cm³/mol. The van der Waals surface area contributed by atoms with E-state index >= 15 is 0 Å². The Morgan fingerprint density at radius 3 is 2.58 bits per heavy atom. The molecule has 0 aliphatic carbocycles. The Hall–Kier alpha value is -3.71. The number of carbonyl (C=O) groups is 1. The lowest BCUT2D eigenvalue weighted by atomic mass is 9.89. The molecule has 7 nitrogen and oxygen atoms in total. The van der Waals surface area contributed by atoms with Crippen molar-refractivity contribution in [2.75, 3.05) is 13.1 Å². The number of hydrogen-bond donors (Lipinski definition) is 2. The van der Waals surface area contributed by atoms with Crippen LogP contribution in [0.1, 0.15) is 34.7 Å². The van der Waals surface area contributed by atoms with Gasteiger partial charge >= 0.3 is 5.97 Å². The highest BCUT2D eigenvalue weighted by Crippen LogP contribution is 2.29. The summed E-state index contributed by atoms with van der Waals surface area (Å²) in [7, 11) is 0. The van der Waals surface area contributed by atoms with Gasteiger partial charge in [-0.3, -0.25) is 0 Å². The molecule has 156 valence electrons. The molecule has 5 rings (SSSR count). The summed E-state index contributed by atoms with van der Waals surface area (Å²) in [6.07, 6.45) is 5.58. The highest BCUT2D eigenvalue weighted by molar-refractivity contribution is 5.90. The molecule has 1 aliphatic rings. The number of carboxylic acids is 1. The second-order valence-corrected chi connectivity index (χ2v) is 7.75. The van der Waals surface area contributed by atoms with Gasteiger partial charge in [-0.25, -0.2) is 9.48 Å². The number of nitrogens with zero attached hydrogens (tertiary/aromatic N) is 3. The van der Waals surface area contributed by atoms with Gasteiger partial charge in [0.15, 0.2) is 5.76 Å². The lowest BCUT2D eigenvalue weighted by Gasteiger charge is -2.23. The minimum atomic E-state index is -0.985. The van der Waals surface area contributed by atoms with Crippen LogP contribution in [0.25, 0.3) is 28.3 Å². The van der Waals surface area contributed by atoms with E-state index in [1.165, 1.54) is 5.56 Å². The number of furan rings is 1. The van der Waals surface area contributed by atoms with Crippen molar-refractivity contribution >= 4 is 5.97 Å². The van der Waals surface area contributed by atoms with Crippen LogP contribution in [0.15, 0.2) is 71.5 Å². The zero-order valence-corrected chi connectivity index (χ0v) is 16.9. The normalized spacial score (nSPS) is 14.6. The fourth-order valence-electron chi connectivity index (χ4n) is 4.06. The monoisotopic (exact) mass is 414 g/mol. The maximum atomic E-state index is 11.8. The summed E-state index contributed by atoms with van der Waals surface area (Å²) < 4.78 is 6.94. The van der Waals surface area contributed by atoms with Gasteiger partial charge in [-0.05, 0) is 78.9 Å². The second-order valence-electron chi connectivity index (χ2n) is 7.75. The number of aromatic nitrogens is 3. The molecule has 0 unspecified atom stereocenters. The van der Waals surface area contributed by atoms with E-state index in [0.717, 1.165) is 37.1 Å². The minimum Gasteiger partial charge on any atom is -0.478 e. The van der Waals surface area contributed by atoms with Gasteiger partial charge in [0.1, 0.15) is 5.69 Å². The Morgan fingerprint density at radius 2 is 1.87 bits per heavy atom. The van der Waals surface area contributed by atoms with Gasteiger partial charge in [0.2, 0.25) is 0 Å². The lowest BCUT2D eigenvalue weighted by Crippen LogP contribution is -2.26. The Kier molecular flexibility index (Phi) is 5.09. The first-order chi connectivity index (χ1) is 15.2. The van der Waals surface area contributed by atoms with Crippen LogP contribution in [0.3, 0.4) is 0 Å². The van der Waals surface area contributed by atoms with E-state index in [-0.39, 0.29) is 5.56 Å². The summed E-state index contributed by atoms with van der Waals surface area (Å²) in [5.74, 6) is 0.196. The van der Waals surface area contributed by atoms with Gasteiger partial charge in [0.25, 0.3) is 0 Å². The highest BCUT2D eigenvalue weighted by atomic mass is 16.4. The Bertz CT molecular complexity index is 1190.